The summed E-state index contributed by atoms with van der Waals surface area (Å²) in [6.45, 7) is 2.81. The molecule has 0 aromatic heterocycles. The minimum absolute atomic E-state index is 0.193. The molecule has 1 fully saturated rings. The Morgan fingerprint density at radius 1 is 1.04 bits per heavy atom. The number of carbonyl (C=O) groups is 2. The van der Waals surface area contributed by atoms with E-state index in [9.17, 15) is 9.59 Å². The van der Waals surface area contributed by atoms with Gasteiger partial charge in [0.05, 0.1) is 6.61 Å². The summed E-state index contributed by atoms with van der Waals surface area (Å²) < 4.78 is 4.80. The van der Waals surface area contributed by atoms with E-state index in [2.05, 4.69) is 16.0 Å². The largest absolute Gasteiger partial charge is 0.450 e. The molecule has 0 unspecified atom stereocenters. The number of rotatable bonds is 5. The zero-order valence-corrected chi connectivity index (χ0v) is 13.6. The number of ether oxygens (including phenoxy) is 1. The molecule has 1 aromatic carbocycles. The van der Waals surface area contributed by atoms with Crippen molar-refractivity contribution < 1.29 is 14.3 Å². The Morgan fingerprint density at radius 3 is 2.26 bits per heavy atom. The van der Waals surface area contributed by atoms with Gasteiger partial charge in [-0.2, -0.15) is 0 Å². The lowest BCUT2D eigenvalue weighted by molar-refractivity contribution is 0.168. The maximum atomic E-state index is 11.9. The van der Waals surface area contributed by atoms with Gasteiger partial charge in [-0.3, -0.25) is 5.32 Å². The van der Waals surface area contributed by atoms with Crippen LogP contribution in [0.3, 0.4) is 0 Å². The van der Waals surface area contributed by atoms with Gasteiger partial charge in [0.25, 0.3) is 0 Å². The molecule has 0 aliphatic heterocycles. The number of urea groups is 1. The minimum atomic E-state index is -0.488. The Kier molecular flexibility index (Phi) is 6.72. The van der Waals surface area contributed by atoms with Gasteiger partial charge in [0.15, 0.2) is 0 Å². The van der Waals surface area contributed by atoms with Crippen molar-refractivity contribution in [3.05, 3.63) is 24.3 Å². The molecule has 6 nitrogen and oxygen atoms in total. The third-order valence-corrected chi connectivity index (χ3v) is 3.94. The van der Waals surface area contributed by atoms with Crippen molar-refractivity contribution in [2.45, 2.75) is 39.0 Å². The lowest BCUT2D eigenvalue weighted by atomic mass is 9.89. The molecular formula is C17H25N3O3. The SMILES string of the molecule is CCOC(=O)Nc1ccc(NC(=O)NCC2CCCCC2)cc1. The highest BCUT2D eigenvalue weighted by atomic mass is 16.5. The van der Waals surface area contributed by atoms with Gasteiger partial charge in [-0.05, 0) is 49.9 Å². The molecule has 3 amide bonds. The molecule has 0 radical (unpaired) electrons. The first-order valence-electron chi connectivity index (χ1n) is 8.26. The van der Waals surface area contributed by atoms with Gasteiger partial charge in [-0.25, -0.2) is 9.59 Å². The molecule has 0 bridgehead atoms. The summed E-state index contributed by atoms with van der Waals surface area (Å²) >= 11 is 0. The Morgan fingerprint density at radius 2 is 1.65 bits per heavy atom. The van der Waals surface area contributed by atoms with Crippen LogP contribution in [0.2, 0.25) is 0 Å². The first-order valence-corrected chi connectivity index (χ1v) is 8.26. The molecule has 0 heterocycles. The third-order valence-electron chi connectivity index (χ3n) is 3.94. The van der Waals surface area contributed by atoms with Crippen LogP contribution in [-0.4, -0.2) is 25.3 Å². The van der Waals surface area contributed by atoms with E-state index in [0.717, 1.165) is 6.54 Å². The van der Waals surface area contributed by atoms with Gasteiger partial charge >= 0.3 is 12.1 Å². The van der Waals surface area contributed by atoms with Crippen LogP contribution in [0.15, 0.2) is 24.3 Å². The van der Waals surface area contributed by atoms with Gasteiger partial charge < -0.3 is 15.4 Å². The molecule has 1 saturated carbocycles. The van der Waals surface area contributed by atoms with Crippen LogP contribution in [0.4, 0.5) is 21.0 Å². The van der Waals surface area contributed by atoms with Crippen LogP contribution < -0.4 is 16.0 Å². The predicted octanol–water partition coefficient (Wildman–Crippen LogP) is 3.96. The summed E-state index contributed by atoms with van der Waals surface area (Å²) in [5.41, 5.74) is 1.30. The summed E-state index contributed by atoms with van der Waals surface area (Å²) in [5, 5.41) is 8.32. The normalized spacial score (nSPS) is 14.8. The van der Waals surface area contributed by atoms with Crippen molar-refractivity contribution in [2.24, 2.45) is 5.92 Å². The van der Waals surface area contributed by atoms with E-state index in [1.165, 1.54) is 32.1 Å². The Labute approximate surface area is 137 Å². The topological polar surface area (TPSA) is 79.5 Å². The second-order valence-corrected chi connectivity index (χ2v) is 5.76. The quantitative estimate of drug-likeness (QED) is 0.768. The Hall–Kier alpha value is -2.24. The van der Waals surface area contributed by atoms with E-state index in [4.69, 9.17) is 4.74 Å². The number of hydrogen-bond donors (Lipinski definition) is 3. The van der Waals surface area contributed by atoms with Gasteiger partial charge in [-0.1, -0.05) is 19.3 Å². The molecule has 3 N–H and O–H groups in total. The van der Waals surface area contributed by atoms with Crippen LogP contribution in [0, 0.1) is 5.92 Å². The van der Waals surface area contributed by atoms with Crippen LogP contribution in [0.5, 0.6) is 0 Å². The maximum absolute atomic E-state index is 11.9. The van der Waals surface area contributed by atoms with Gasteiger partial charge in [0, 0.05) is 17.9 Å². The van der Waals surface area contributed by atoms with Crippen molar-refractivity contribution in [1.82, 2.24) is 5.32 Å². The maximum Gasteiger partial charge on any atom is 0.411 e. The number of nitrogens with one attached hydrogen (secondary N) is 3. The third kappa shape index (κ3) is 6.18. The van der Waals surface area contributed by atoms with Gasteiger partial charge in [0.1, 0.15) is 0 Å². The monoisotopic (exact) mass is 319 g/mol. The molecule has 0 saturated heterocycles. The van der Waals surface area contributed by atoms with E-state index in [-0.39, 0.29) is 6.03 Å². The first kappa shape index (κ1) is 17.1. The summed E-state index contributed by atoms with van der Waals surface area (Å²) in [6, 6.07) is 6.71. The van der Waals surface area contributed by atoms with E-state index in [1.807, 2.05) is 0 Å². The minimum Gasteiger partial charge on any atom is -0.450 e. The number of benzene rings is 1. The van der Waals surface area contributed by atoms with Crippen molar-refractivity contribution in [1.29, 1.82) is 0 Å². The molecule has 1 aliphatic rings. The van der Waals surface area contributed by atoms with Gasteiger partial charge in [0.2, 0.25) is 0 Å². The molecule has 2 rings (SSSR count). The van der Waals surface area contributed by atoms with Crippen LogP contribution >= 0.6 is 0 Å². The molecule has 1 aliphatic carbocycles. The number of anilines is 2. The first-order chi connectivity index (χ1) is 11.2. The molecule has 23 heavy (non-hydrogen) atoms. The summed E-state index contributed by atoms with van der Waals surface area (Å²) in [4.78, 5) is 23.2. The lowest BCUT2D eigenvalue weighted by Gasteiger charge is -2.21. The average molecular weight is 319 g/mol. The molecule has 126 valence electrons. The standard InChI is InChI=1S/C17H25N3O3/c1-2-23-17(22)20-15-10-8-14(9-11-15)19-16(21)18-12-13-6-4-3-5-7-13/h8-11,13H,2-7,12H2,1H3,(H,20,22)(H2,18,19,21). The fourth-order valence-corrected chi connectivity index (χ4v) is 2.73. The van der Waals surface area contributed by atoms with Gasteiger partial charge in [-0.15, -0.1) is 0 Å². The average Bonchev–Trinajstić information content (AvgIpc) is 2.56. The van der Waals surface area contributed by atoms with E-state index in [0.29, 0.717) is 23.9 Å². The second kappa shape index (κ2) is 9.02. The number of amides is 3. The number of hydrogen-bond acceptors (Lipinski definition) is 3. The summed E-state index contributed by atoms with van der Waals surface area (Å²) in [5.74, 6) is 0.602. The van der Waals surface area contributed by atoms with Crippen molar-refractivity contribution in [2.75, 3.05) is 23.8 Å². The smallest absolute Gasteiger partial charge is 0.411 e. The van der Waals surface area contributed by atoms with Crippen LogP contribution in [0.1, 0.15) is 39.0 Å². The van der Waals surface area contributed by atoms with E-state index < -0.39 is 6.09 Å². The van der Waals surface area contributed by atoms with E-state index in [1.54, 1.807) is 31.2 Å². The summed E-state index contributed by atoms with van der Waals surface area (Å²) in [6.07, 6.45) is 5.77. The Bertz CT molecular complexity index is 510. The molecule has 6 heteroatoms. The van der Waals surface area contributed by atoms with Crippen molar-refractivity contribution in [3.63, 3.8) is 0 Å². The van der Waals surface area contributed by atoms with E-state index >= 15 is 0 Å². The lowest BCUT2D eigenvalue weighted by Crippen LogP contribution is -2.33. The highest BCUT2D eigenvalue weighted by Gasteiger charge is 2.14. The zero-order valence-electron chi connectivity index (χ0n) is 13.6. The fraction of sp³-hybridized carbons (Fsp3) is 0.529. The molecule has 0 atom stereocenters. The number of carbonyl (C=O) groups excluding carboxylic acids is 2. The predicted molar refractivity (Wildman–Crippen MR) is 90.7 cm³/mol. The Balaban J connectivity index is 1.73. The van der Waals surface area contributed by atoms with Crippen LogP contribution in [0.25, 0.3) is 0 Å². The molecule has 0 spiro atoms. The summed E-state index contributed by atoms with van der Waals surface area (Å²) in [7, 11) is 0. The highest BCUT2D eigenvalue weighted by Crippen LogP contribution is 2.22. The molecule has 1 aromatic rings. The van der Waals surface area contributed by atoms with Crippen molar-refractivity contribution >= 4 is 23.5 Å². The molecular weight excluding hydrogens is 294 g/mol. The highest BCUT2D eigenvalue weighted by molar-refractivity contribution is 5.90. The van der Waals surface area contributed by atoms with Crippen LogP contribution in [-0.2, 0) is 4.74 Å². The zero-order chi connectivity index (χ0) is 16.5. The second-order valence-electron chi connectivity index (χ2n) is 5.76. The van der Waals surface area contributed by atoms with Crippen molar-refractivity contribution in [3.8, 4) is 0 Å². The fourth-order valence-electron chi connectivity index (χ4n) is 2.73.